The molecule has 0 aliphatic carbocycles. The first kappa shape index (κ1) is 18.3. The minimum atomic E-state index is -0.430. The highest BCUT2D eigenvalue weighted by atomic mass is 35.5. The second kappa shape index (κ2) is 7.43. The van der Waals surface area contributed by atoms with Crippen LogP contribution in [-0.2, 0) is 16.1 Å². The first-order valence-electron chi connectivity index (χ1n) is 7.89. The molecule has 1 amide bonds. The van der Waals surface area contributed by atoms with Crippen LogP contribution in [0, 0.1) is 0 Å². The van der Waals surface area contributed by atoms with E-state index in [4.69, 9.17) is 16.3 Å². The number of benzene rings is 1. The Morgan fingerprint density at radius 2 is 2.12 bits per heavy atom. The van der Waals surface area contributed by atoms with Crippen LogP contribution in [0.2, 0.25) is 5.02 Å². The maximum Gasteiger partial charge on any atom is 0.325 e. The number of fused-ring (bicyclic) bond motifs is 1. The van der Waals surface area contributed by atoms with Crippen LogP contribution in [0.3, 0.4) is 0 Å². The van der Waals surface area contributed by atoms with Crippen LogP contribution >= 0.6 is 22.9 Å². The van der Waals surface area contributed by atoms with Gasteiger partial charge in [-0.25, -0.2) is 0 Å². The second-order valence-corrected chi connectivity index (χ2v) is 7.28. The summed E-state index contributed by atoms with van der Waals surface area (Å²) in [5.74, 6) is -0.853. The van der Waals surface area contributed by atoms with E-state index in [1.807, 2.05) is 13.8 Å². The van der Waals surface area contributed by atoms with Crippen molar-refractivity contribution >= 4 is 45.0 Å². The van der Waals surface area contributed by atoms with Crippen molar-refractivity contribution in [2.24, 2.45) is 4.99 Å². The van der Waals surface area contributed by atoms with Crippen LogP contribution in [0.1, 0.15) is 30.4 Å². The number of amides is 1. The summed E-state index contributed by atoms with van der Waals surface area (Å²) < 4.78 is 8.84. The SMILES string of the molecule is COC(=O)Cn1c(=NC(=O)c2ccnn2C(C)C)sc2cc(Cl)ccc21. The van der Waals surface area contributed by atoms with Crippen molar-refractivity contribution in [3.8, 4) is 0 Å². The Bertz CT molecular complexity index is 1050. The lowest BCUT2D eigenvalue weighted by atomic mass is 10.3. The van der Waals surface area contributed by atoms with E-state index in [-0.39, 0.29) is 12.6 Å². The van der Waals surface area contributed by atoms with Gasteiger partial charge in [-0.15, -0.1) is 0 Å². The molecule has 0 saturated heterocycles. The first-order chi connectivity index (χ1) is 12.4. The van der Waals surface area contributed by atoms with Crippen LogP contribution in [-0.4, -0.2) is 33.3 Å². The first-order valence-corrected chi connectivity index (χ1v) is 9.08. The minimum Gasteiger partial charge on any atom is -0.468 e. The molecule has 0 spiro atoms. The third-order valence-electron chi connectivity index (χ3n) is 3.74. The fourth-order valence-corrected chi connectivity index (χ4v) is 3.82. The standard InChI is InChI=1S/C17H17ClN4O3S/c1-10(2)22-13(6-7-19-22)16(24)20-17-21(9-15(23)25-3)12-5-4-11(18)8-14(12)26-17/h4-8,10H,9H2,1-3H3. The molecule has 9 heteroatoms. The summed E-state index contributed by atoms with van der Waals surface area (Å²) in [5.41, 5.74) is 1.15. The number of rotatable bonds is 4. The zero-order valence-electron chi connectivity index (χ0n) is 14.5. The Labute approximate surface area is 158 Å². The zero-order chi connectivity index (χ0) is 18.8. The van der Waals surface area contributed by atoms with Gasteiger partial charge in [-0.2, -0.15) is 10.1 Å². The molecule has 136 valence electrons. The number of esters is 1. The number of aromatic nitrogens is 3. The van der Waals surface area contributed by atoms with Gasteiger partial charge >= 0.3 is 5.97 Å². The molecule has 0 saturated carbocycles. The Morgan fingerprint density at radius 1 is 1.35 bits per heavy atom. The average Bonchev–Trinajstić information content (AvgIpc) is 3.20. The van der Waals surface area contributed by atoms with Gasteiger partial charge in [0.05, 0.1) is 17.3 Å². The van der Waals surface area contributed by atoms with E-state index in [0.29, 0.717) is 15.5 Å². The number of methoxy groups -OCH3 is 1. The number of carbonyl (C=O) groups is 2. The molecule has 1 aromatic carbocycles. The highest BCUT2D eigenvalue weighted by Gasteiger charge is 2.16. The Morgan fingerprint density at radius 3 is 2.81 bits per heavy atom. The topological polar surface area (TPSA) is 78.5 Å². The van der Waals surface area contributed by atoms with E-state index in [2.05, 4.69) is 10.1 Å². The third kappa shape index (κ3) is 3.56. The number of thiazole rings is 1. The van der Waals surface area contributed by atoms with Gasteiger partial charge in [0.25, 0.3) is 5.91 Å². The molecule has 0 atom stereocenters. The molecule has 0 fully saturated rings. The van der Waals surface area contributed by atoms with Crippen molar-refractivity contribution in [3.63, 3.8) is 0 Å². The predicted molar refractivity (Wildman–Crippen MR) is 99.3 cm³/mol. The number of halogens is 1. The van der Waals surface area contributed by atoms with Gasteiger partial charge < -0.3 is 9.30 Å². The summed E-state index contributed by atoms with van der Waals surface area (Å²) in [4.78, 5) is 29.1. The molecule has 3 rings (SSSR count). The second-order valence-electron chi connectivity index (χ2n) is 5.83. The minimum absolute atomic E-state index is 0.0301. The Kier molecular flexibility index (Phi) is 5.24. The lowest BCUT2D eigenvalue weighted by Crippen LogP contribution is -2.23. The molecule has 0 unspecified atom stereocenters. The molecule has 0 aliphatic heterocycles. The predicted octanol–water partition coefficient (Wildman–Crippen LogP) is 3.05. The summed E-state index contributed by atoms with van der Waals surface area (Å²) in [6.45, 7) is 3.82. The monoisotopic (exact) mass is 392 g/mol. The number of ether oxygens (including phenoxy) is 1. The highest BCUT2D eigenvalue weighted by Crippen LogP contribution is 2.22. The number of carbonyl (C=O) groups excluding carboxylic acids is 2. The fraction of sp³-hybridized carbons (Fsp3) is 0.294. The molecular weight excluding hydrogens is 376 g/mol. The van der Waals surface area contributed by atoms with Gasteiger partial charge in [-0.05, 0) is 38.1 Å². The molecule has 7 nitrogen and oxygen atoms in total. The van der Waals surface area contributed by atoms with Crippen molar-refractivity contribution in [1.82, 2.24) is 14.3 Å². The van der Waals surface area contributed by atoms with Crippen molar-refractivity contribution in [1.29, 1.82) is 0 Å². The smallest absolute Gasteiger partial charge is 0.325 e. The van der Waals surface area contributed by atoms with Crippen LogP contribution in [0.25, 0.3) is 10.2 Å². The van der Waals surface area contributed by atoms with Gasteiger partial charge in [0.1, 0.15) is 12.2 Å². The summed E-state index contributed by atoms with van der Waals surface area (Å²) >= 11 is 7.34. The molecule has 0 aliphatic rings. The molecule has 0 radical (unpaired) electrons. The van der Waals surface area contributed by atoms with Crippen LogP contribution in [0.5, 0.6) is 0 Å². The molecule has 0 bridgehead atoms. The van der Waals surface area contributed by atoms with Gasteiger partial charge in [0.2, 0.25) is 0 Å². The third-order valence-corrected chi connectivity index (χ3v) is 5.01. The fourth-order valence-electron chi connectivity index (χ4n) is 2.52. The number of hydrogen-bond donors (Lipinski definition) is 0. The number of hydrogen-bond acceptors (Lipinski definition) is 5. The van der Waals surface area contributed by atoms with Crippen molar-refractivity contribution in [2.45, 2.75) is 26.4 Å². The van der Waals surface area contributed by atoms with Gasteiger partial charge in [0.15, 0.2) is 4.80 Å². The lowest BCUT2D eigenvalue weighted by molar-refractivity contribution is -0.141. The van der Waals surface area contributed by atoms with Crippen molar-refractivity contribution in [2.75, 3.05) is 7.11 Å². The van der Waals surface area contributed by atoms with E-state index >= 15 is 0 Å². The van der Waals surface area contributed by atoms with E-state index in [1.165, 1.54) is 18.4 Å². The van der Waals surface area contributed by atoms with Crippen molar-refractivity contribution < 1.29 is 14.3 Å². The molecule has 0 N–H and O–H groups in total. The van der Waals surface area contributed by atoms with Gasteiger partial charge in [0, 0.05) is 17.3 Å². The molecule has 2 heterocycles. The van der Waals surface area contributed by atoms with Gasteiger partial charge in [-0.3, -0.25) is 14.3 Å². The van der Waals surface area contributed by atoms with E-state index in [9.17, 15) is 9.59 Å². The van der Waals surface area contributed by atoms with E-state index in [0.717, 1.165) is 10.2 Å². The highest BCUT2D eigenvalue weighted by molar-refractivity contribution is 7.16. The van der Waals surface area contributed by atoms with E-state index < -0.39 is 11.9 Å². The molecular formula is C17H17ClN4O3S. The zero-order valence-corrected chi connectivity index (χ0v) is 16.0. The number of nitrogens with zero attached hydrogens (tertiary/aromatic N) is 4. The Balaban J connectivity index is 2.14. The average molecular weight is 393 g/mol. The summed E-state index contributed by atoms with van der Waals surface area (Å²) in [6.07, 6.45) is 1.57. The normalized spacial score (nSPS) is 12.1. The maximum absolute atomic E-state index is 12.7. The Hall–Kier alpha value is -2.45. The quantitative estimate of drug-likeness (QED) is 0.639. The van der Waals surface area contributed by atoms with E-state index in [1.54, 1.807) is 39.7 Å². The summed E-state index contributed by atoms with van der Waals surface area (Å²) in [7, 11) is 1.32. The summed E-state index contributed by atoms with van der Waals surface area (Å²) in [6, 6.07) is 6.95. The van der Waals surface area contributed by atoms with Crippen molar-refractivity contribution in [3.05, 3.63) is 46.0 Å². The lowest BCUT2D eigenvalue weighted by Gasteiger charge is -2.08. The molecule has 26 heavy (non-hydrogen) atoms. The van der Waals surface area contributed by atoms with Crippen LogP contribution in [0.15, 0.2) is 35.5 Å². The molecule has 3 aromatic rings. The largest absolute Gasteiger partial charge is 0.468 e. The van der Waals surface area contributed by atoms with Crippen LogP contribution in [0.4, 0.5) is 0 Å². The van der Waals surface area contributed by atoms with Gasteiger partial charge in [-0.1, -0.05) is 22.9 Å². The maximum atomic E-state index is 12.7. The van der Waals surface area contributed by atoms with Crippen LogP contribution < -0.4 is 4.80 Å². The summed E-state index contributed by atoms with van der Waals surface area (Å²) in [5, 5.41) is 4.73. The molecule has 2 aromatic heterocycles.